The fourth-order valence-electron chi connectivity index (χ4n) is 4.21. The summed E-state index contributed by atoms with van der Waals surface area (Å²) in [6.07, 6.45) is 1.11. The van der Waals surface area contributed by atoms with Crippen molar-refractivity contribution in [2.75, 3.05) is 7.11 Å². The Bertz CT molecular complexity index is 1130. The summed E-state index contributed by atoms with van der Waals surface area (Å²) >= 11 is 0. The van der Waals surface area contributed by atoms with E-state index in [1.165, 1.54) is 27.9 Å². The number of phenols is 5. The maximum atomic E-state index is 12.9. The summed E-state index contributed by atoms with van der Waals surface area (Å²) in [6, 6.07) is 0. The lowest BCUT2D eigenvalue weighted by Gasteiger charge is -2.25. The van der Waals surface area contributed by atoms with Crippen LogP contribution in [0.25, 0.3) is 0 Å². The van der Waals surface area contributed by atoms with E-state index in [-0.39, 0.29) is 51.3 Å². The van der Waals surface area contributed by atoms with Crippen molar-refractivity contribution in [3.63, 3.8) is 0 Å². The molecule has 2 rings (SSSR count). The highest BCUT2D eigenvalue weighted by Crippen LogP contribution is 2.53. The largest absolute Gasteiger partial charge is 0.507 e. The fourth-order valence-corrected chi connectivity index (χ4v) is 4.21. The van der Waals surface area contributed by atoms with Crippen LogP contribution in [-0.2, 0) is 0 Å². The van der Waals surface area contributed by atoms with Crippen molar-refractivity contribution in [3.05, 3.63) is 33.4 Å². The average molecular weight is 475 g/mol. The number of hydrogen-bond donors (Lipinski definition) is 5. The second-order valence-corrected chi connectivity index (χ2v) is 8.67. The third-order valence-electron chi connectivity index (χ3n) is 6.50. The van der Waals surface area contributed by atoms with Crippen LogP contribution in [0, 0.1) is 19.8 Å². The number of ether oxygens (including phenoxy) is 1. The molecule has 0 aliphatic heterocycles. The van der Waals surface area contributed by atoms with E-state index in [0.29, 0.717) is 12.8 Å². The quantitative estimate of drug-likeness (QED) is 0.312. The zero-order valence-corrected chi connectivity index (χ0v) is 20.7. The molecule has 186 valence electrons. The molecule has 0 fully saturated rings. The van der Waals surface area contributed by atoms with Gasteiger partial charge in [-0.05, 0) is 26.7 Å². The van der Waals surface area contributed by atoms with Crippen LogP contribution in [0.1, 0.15) is 95.8 Å². The monoisotopic (exact) mass is 474 g/mol. The minimum Gasteiger partial charge on any atom is -0.507 e. The first kappa shape index (κ1) is 26.8. The Hall–Kier alpha value is -3.42. The lowest BCUT2D eigenvalue weighted by atomic mass is 9.82. The lowest BCUT2D eigenvalue weighted by Crippen LogP contribution is -2.13. The molecule has 0 saturated heterocycles. The average Bonchev–Trinajstić information content (AvgIpc) is 2.79. The number of ketones is 2. The first-order chi connectivity index (χ1) is 15.9. The number of methoxy groups -OCH3 is 1. The van der Waals surface area contributed by atoms with Crippen molar-refractivity contribution in [2.45, 2.75) is 66.7 Å². The molecule has 0 amide bonds. The van der Waals surface area contributed by atoms with Gasteiger partial charge in [0.25, 0.3) is 0 Å². The Labute approximate surface area is 199 Å². The fraction of sp³-hybridized carbons (Fsp3) is 0.462. The molecule has 2 atom stereocenters. The smallest absolute Gasteiger partial charge is 0.173 e. The topological polar surface area (TPSA) is 145 Å². The molecule has 0 radical (unpaired) electrons. The van der Waals surface area contributed by atoms with Crippen LogP contribution in [0.5, 0.6) is 34.5 Å². The molecule has 2 aromatic carbocycles. The Balaban J connectivity index is 2.92. The van der Waals surface area contributed by atoms with Crippen molar-refractivity contribution in [2.24, 2.45) is 5.92 Å². The first-order valence-electron chi connectivity index (χ1n) is 11.3. The van der Waals surface area contributed by atoms with E-state index >= 15 is 0 Å². The molecule has 0 saturated carbocycles. The molecule has 0 heterocycles. The van der Waals surface area contributed by atoms with Gasteiger partial charge in [-0.25, -0.2) is 0 Å². The highest BCUT2D eigenvalue weighted by Gasteiger charge is 2.35. The molecule has 0 aliphatic rings. The minimum atomic E-state index is -1.07. The Morgan fingerprint density at radius 3 is 1.76 bits per heavy atom. The maximum absolute atomic E-state index is 12.9. The number of carbonyl (C=O) groups excluding carboxylic acids is 2. The highest BCUT2D eigenvalue weighted by molar-refractivity contribution is 6.04. The highest BCUT2D eigenvalue weighted by atomic mass is 16.5. The molecule has 2 aromatic rings. The second kappa shape index (κ2) is 10.2. The van der Waals surface area contributed by atoms with E-state index in [9.17, 15) is 35.1 Å². The molecular formula is C26H34O8. The molecule has 0 spiro atoms. The van der Waals surface area contributed by atoms with Crippen molar-refractivity contribution in [3.8, 4) is 34.5 Å². The molecule has 34 heavy (non-hydrogen) atoms. The number of hydrogen-bond acceptors (Lipinski definition) is 8. The predicted octanol–water partition coefficient (Wildman–Crippen LogP) is 5.20. The van der Waals surface area contributed by atoms with Gasteiger partial charge in [-0.15, -0.1) is 0 Å². The Morgan fingerprint density at radius 1 is 0.794 bits per heavy atom. The summed E-state index contributed by atoms with van der Waals surface area (Å²) in [7, 11) is 1.32. The van der Waals surface area contributed by atoms with E-state index in [1.807, 2.05) is 6.92 Å². The van der Waals surface area contributed by atoms with E-state index in [0.717, 1.165) is 0 Å². The molecular weight excluding hydrogens is 440 g/mol. The normalized spacial score (nSPS) is 12.9. The molecule has 0 bridgehead atoms. The van der Waals surface area contributed by atoms with Crippen LogP contribution in [0.15, 0.2) is 0 Å². The number of rotatable bonds is 9. The second-order valence-electron chi connectivity index (χ2n) is 8.67. The van der Waals surface area contributed by atoms with Crippen molar-refractivity contribution < 1.29 is 39.9 Å². The van der Waals surface area contributed by atoms with E-state index in [1.54, 1.807) is 13.8 Å². The van der Waals surface area contributed by atoms with Crippen LogP contribution in [0.2, 0.25) is 0 Å². The molecule has 0 aliphatic carbocycles. The summed E-state index contributed by atoms with van der Waals surface area (Å²) in [6.45, 7) is 9.66. The van der Waals surface area contributed by atoms with Gasteiger partial charge in [0.05, 0.1) is 7.11 Å². The van der Waals surface area contributed by atoms with Crippen LogP contribution in [-0.4, -0.2) is 44.2 Å². The minimum absolute atomic E-state index is 0.0298. The number of phenolic OH excluding ortho intramolecular Hbond substituents is 5. The summed E-state index contributed by atoms with van der Waals surface area (Å²) in [5.41, 5.74) is -0.545. The zero-order valence-electron chi connectivity index (χ0n) is 20.7. The van der Waals surface area contributed by atoms with Gasteiger partial charge >= 0.3 is 0 Å². The first-order valence-corrected chi connectivity index (χ1v) is 11.3. The van der Waals surface area contributed by atoms with Crippen LogP contribution >= 0.6 is 0 Å². The zero-order chi connectivity index (χ0) is 26.1. The summed E-state index contributed by atoms with van der Waals surface area (Å²) in [5, 5.41) is 54.5. The van der Waals surface area contributed by atoms with Gasteiger partial charge in [-0.2, -0.15) is 0 Å². The molecule has 2 unspecified atom stereocenters. The lowest BCUT2D eigenvalue weighted by molar-refractivity contribution is 0.0920. The summed E-state index contributed by atoms with van der Waals surface area (Å²) < 4.78 is 5.30. The van der Waals surface area contributed by atoms with Gasteiger partial charge in [0, 0.05) is 40.5 Å². The van der Waals surface area contributed by atoms with E-state index in [4.69, 9.17) is 4.74 Å². The molecule has 0 aromatic heterocycles. The van der Waals surface area contributed by atoms with Gasteiger partial charge in [-0.1, -0.05) is 27.7 Å². The van der Waals surface area contributed by atoms with Crippen molar-refractivity contribution in [1.82, 2.24) is 0 Å². The van der Waals surface area contributed by atoms with Crippen molar-refractivity contribution >= 4 is 11.6 Å². The number of carbonyl (C=O) groups is 2. The third kappa shape index (κ3) is 4.24. The summed E-state index contributed by atoms with van der Waals surface area (Å²) in [5.74, 6) is -5.03. The van der Waals surface area contributed by atoms with Crippen LogP contribution in [0.3, 0.4) is 0 Å². The van der Waals surface area contributed by atoms with Gasteiger partial charge in [0.2, 0.25) is 0 Å². The summed E-state index contributed by atoms with van der Waals surface area (Å²) in [4.78, 5) is 25.7. The molecule has 8 heteroatoms. The van der Waals surface area contributed by atoms with E-state index < -0.39 is 46.4 Å². The third-order valence-corrected chi connectivity index (χ3v) is 6.50. The molecule has 5 N–H and O–H groups in total. The Kier molecular flexibility index (Phi) is 8.08. The van der Waals surface area contributed by atoms with Crippen molar-refractivity contribution in [1.29, 1.82) is 0 Å². The number of Topliss-reactive ketones (excluding diaryl/α,β-unsaturated/α-hetero) is 2. The SMILES string of the molecule is CCCC(=O)c1c(O)c(C(C)c2c(O)c(C)c(O)c(C(=O)C(C)CC)c2O)c(O)c(C)c1OC. The van der Waals surface area contributed by atoms with Gasteiger partial charge in [0.15, 0.2) is 11.6 Å². The molecule has 8 nitrogen and oxygen atoms in total. The Morgan fingerprint density at radius 2 is 1.29 bits per heavy atom. The van der Waals surface area contributed by atoms with Gasteiger partial charge in [0.1, 0.15) is 45.6 Å². The standard InChI is InChI=1S/C26H34O8/c1-8-10-15(27)18-24(32)17(23(31)14(6)26(18)34-7)12(4)16-21(29)13(5)22(30)19(25(16)33)20(28)11(3)9-2/h11-12,29-33H,8-10H2,1-7H3. The van der Waals surface area contributed by atoms with E-state index in [2.05, 4.69) is 0 Å². The number of aromatic hydroxyl groups is 5. The van der Waals surface area contributed by atoms with Gasteiger partial charge < -0.3 is 30.3 Å². The number of benzene rings is 2. The maximum Gasteiger partial charge on any atom is 0.173 e. The van der Waals surface area contributed by atoms with Crippen LogP contribution in [0.4, 0.5) is 0 Å². The van der Waals surface area contributed by atoms with Gasteiger partial charge in [-0.3, -0.25) is 9.59 Å². The van der Waals surface area contributed by atoms with Crippen LogP contribution < -0.4 is 4.74 Å². The predicted molar refractivity (Wildman–Crippen MR) is 128 cm³/mol.